The first kappa shape index (κ1) is 17.7. The van der Waals surface area contributed by atoms with Crippen molar-refractivity contribution in [1.82, 2.24) is 9.62 Å². The Balaban J connectivity index is 2.09. The highest BCUT2D eigenvalue weighted by molar-refractivity contribution is 7.99. The summed E-state index contributed by atoms with van der Waals surface area (Å²) in [6, 6.07) is 1.52. The molecule has 1 aliphatic rings. The van der Waals surface area contributed by atoms with Crippen LogP contribution in [-0.4, -0.2) is 56.3 Å². The molecule has 1 aromatic rings. The second-order valence-electron chi connectivity index (χ2n) is 4.88. The molecule has 1 amide bonds. The maximum Gasteiger partial charge on any atom is 0.262 e. The van der Waals surface area contributed by atoms with E-state index in [-0.39, 0.29) is 15.7 Å². The van der Waals surface area contributed by atoms with E-state index in [0.717, 1.165) is 35.7 Å². The Hall–Kier alpha value is -0.610. The van der Waals surface area contributed by atoms with Crippen molar-refractivity contribution in [1.29, 1.82) is 0 Å². The molecule has 0 spiro atoms. The topological polar surface area (TPSA) is 92.5 Å². The molecule has 0 unspecified atom stereocenters. The Morgan fingerprint density at radius 1 is 1.32 bits per heavy atom. The third kappa shape index (κ3) is 4.23. The molecule has 1 fully saturated rings. The van der Waals surface area contributed by atoms with Crippen molar-refractivity contribution in [3.63, 3.8) is 0 Å². The van der Waals surface area contributed by atoms with Crippen molar-refractivity contribution in [2.24, 2.45) is 5.73 Å². The number of nitrogens with zero attached hydrogens (tertiary/aromatic N) is 1. The van der Waals surface area contributed by atoms with Crippen LogP contribution < -0.4 is 11.1 Å². The van der Waals surface area contributed by atoms with Gasteiger partial charge in [-0.1, -0.05) is 0 Å². The number of amides is 1. The number of sulfonamides is 1. The maximum atomic E-state index is 12.7. The lowest BCUT2D eigenvalue weighted by molar-refractivity contribution is 0.0954. The van der Waals surface area contributed by atoms with Crippen LogP contribution in [0.2, 0.25) is 0 Å². The fourth-order valence-corrected chi connectivity index (χ4v) is 6.04. The Morgan fingerprint density at radius 2 is 2.05 bits per heavy atom. The summed E-state index contributed by atoms with van der Waals surface area (Å²) < 4.78 is 26.8. The predicted molar refractivity (Wildman–Crippen MR) is 91.0 cm³/mol. The molecular weight excluding hydrogens is 342 g/mol. The van der Waals surface area contributed by atoms with Crippen molar-refractivity contribution in [2.75, 3.05) is 37.7 Å². The van der Waals surface area contributed by atoms with Crippen LogP contribution in [0.5, 0.6) is 0 Å². The molecule has 9 heteroatoms. The zero-order chi connectivity index (χ0) is 16.0. The number of nitrogens with one attached hydrogen (secondary N) is 1. The highest BCUT2D eigenvalue weighted by Gasteiger charge is 2.30. The number of rotatable bonds is 7. The van der Waals surface area contributed by atoms with E-state index in [1.165, 1.54) is 10.4 Å². The predicted octanol–water partition coefficient (Wildman–Crippen LogP) is 0.954. The normalized spacial score (nSPS) is 16.6. The number of hydrogen-bond acceptors (Lipinski definition) is 6. The molecule has 6 nitrogen and oxygen atoms in total. The third-order valence-electron chi connectivity index (χ3n) is 3.34. The number of thiophene rings is 1. The number of nitrogens with two attached hydrogens (primary N) is 1. The van der Waals surface area contributed by atoms with E-state index in [9.17, 15) is 13.2 Å². The minimum absolute atomic E-state index is 0.126. The highest BCUT2D eigenvalue weighted by Crippen LogP contribution is 2.27. The quantitative estimate of drug-likeness (QED) is 0.704. The van der Waals surface area contributed by atoms with Gasteiger partial charge in [0.1, 0.15) is 9.77 Å². The summed E-state index contributed by atoms with van der Waals surface area (Å²) in [5.41, 5.74) is 5.41. The lowest BCUT2D eigenvalue weighted by atomic mass is 10.3. The molecule has 22 heavy (non-hydrogen) atoms. The molecule has 0 saturated carbocycles. The van der Waals surface area contributed by atoms with Gasteiger partial charge in [0.2, 0.25) is 10.0 Å². The van der Waals surface area contributed by atoms with Gasteiger partial charge in [-0.25, -0.2) is 8.42 Å². The number of carbonyl (C=O) groups excluding carboxylic acids is 1. The summed E-state index contributed by atoms with van der Waals surface area (Å²) >= 11 is 2.91. The molecule has 0 radical (unpaired) electrons. The van der Waals surface area contributed by atoms with E-state index in [2.05, 4.69) is 5.32 Å². The zero-order valence-corrected chi connectivity index (χ0v) is 14.7. The van der Waals surface area contributed by atoms with Crippen molar-refractivity contribution in [2.45, 2.75) is 17.7 Å². The zero-order valence-electron chi connectivity index (χ0n) is 12.3. The van der Waals surface area contributed by atoms with Crippen molar-refractivity contribution < 1.29 is 13.2 Å². The molecule has 0 atom stereocenters. The summed E-state index contributed by atoms with van der Waals surface area (Å²) in [5, 5.41) is 4.42. The molecule has 1 aliphatic heterocycles. The van der Waals surface area contributed by atoms with Gasteiger partial charge in [0.05, 0.1) is 0 Å². The summed E-state index contributed by atoms with van der Waals surface area (Å²) in [6.45, 7) is 2.09. The maximum absolute atomic E-state index is 12.7. The smallest absolute Gasteiger partial charge is 0.262 e. The summed E-state index contributed by atoms with van der Waals surface area (Å²) in [7, 11) is -3.58. The standard InChI is InChI=1S/C13H21N3O3S3/c14-4-1-2-5-15-13(17)12-11(3-8-21-12)22(18,19)16-6-9-20-10-7-16/h3,8H,1-2,4-7,9-10,14H2,(H,15,17). The van der Waals surface area contributed by atoms with Gasteiger partial charge in [0.25, 0.3) is 5.91 Å². The Kier molecular flexibility index (Phi) is 6.69. The molecule has 2 rings (SSSR count). The molecule has 0 bridgehead atoms. The third-order valence-corrected chi connectivity index (χ3v) is 7.27. The number of unbranched alkanes of at least 4 members (excludes halogenated alkanes) is 1. The second kappa shape index (κ2) is 8.30. The van der Waals surface area contributed by atoms with Gasteiger partial charge in [0.15, 0.2) is 0 Å². The molecule has 2 heterocycles. The first-order valence-electron chi connectivity index (χ1n) is 7.21. The minimum Gasteiger partial charge on any atom is -0.351 e. The van der Waals surface area contributed by atoms with Crippen molar-refractivity contribution >= 4 is 39.0 Å². The Morgan fingerprint density at radius 3 is 2.73 bits per heavy atom. The number of carbonyl (C=O) groups is 1. The van der Waals surface area contributed by atoms with E-state index >= 15 is 0 Å². The van der Waals surface area contributed by atoms with E-state index in [0.29, 0.717) is 26.2 Å². The van der Waals surface area contributed by atoms with Gasteiger partial charge >= 0.3 is 0 Å². The van der Waals surface area contributed by atoms with Crippen LogP contribution in [0.15, 0.2) is 16.3 Å². The lowest BCUT2D eigenvalue weighted by Crippen LogP contribution is -2.38. The molecule has 124 valence electrons. The molecule has 3 N–H and O–H groups in total. The first-order chi connectivity index (χ1) is 10.6. The minimum atomic E-state index is -3.58. The van der Waals surface area contributed by atoms with E-state index in [4.69, 9.17) is 5.73 Å². The van der Waals surface area contributed by atoms with Crippen LogP contribution in [0.3, 0.4) is 0 Å². The Bertz CT molecular complexity index is 595. The average molecular weight is 364 g/mol. The molecule has 0 aliphatic carbocycles. The second-order valence-corrected chi connectivity index (χ2v) is 8.93. The van der Waals surface area contributed by atoms with Crippen LogP contribution >= 0.6 is 23.1 Å². The van der Waals surface area contributed by atoms with E-state index < -0.39 is 10.0 Å². The molecule has 1 aromatic heterocycles. The Labute approximate surface area is 139 Å². The average Bonchev–Trinajstić information content (AvgIpc) is 3.03. The van der Waals surface area contributed by atoms with Gasteiger partial charge in [-0.15, -0.1) is 11.3 Å². The molecular formula is C13H21N3O3S3. The summed E-state index contributed by atoms with van der Waals surface area (Å²) in [5.74, 6) is 1.27. The molecule has 1 saturated heterocycles. The van der Waals surface area contributed by atoms with Crippen LogP contribution in [0.25, 0.3) is 0 Å². The van der Waals surface area contributed by atoms with Crippen molar-refractivity contribution in [3.8, 4) is 0 Å². The van der Waals surface area contributed by atoms with E-state index in [1.807, 2.05) is 0 Å². The monoisotopic (exact) mass is 363 g/mol. The number of hydrogen-bond donors (Lipinski definition) is 2. The fraction of sp³-hybridized carbons (Fsp3) is 0.615. The van der Waals surface area contributed by atoms with Crippen LogP contribution in [0.1, 0.15) is 22.5 Å². The number of thioether (sulfide) groups is 1. The summed E-state index contributed by atoms with van der Waals surface area (Å²) in [6.07, 6.45) is 1.63. The largest absolute Gasteiger partial charge is 0.351 e. The van der Waals surface area contributed by atoms with Gasteiger partial charge in [-0.2, -0.15) is 16.1 Å². The van der Waals surface area contributed by atoms with Crippen molar-refractivity contribution in [3.05, 3.63) is 16.3 Å². The van der Waals surface area contributed by atoms with Gasteiger partial charge in [0, 0.05) is 31.1 Å². The van der Waals surface area contributed by atoms with Gasteiger partial charge in [-0.3, -0.25) is 4.79 Å². The highest BCUT2D eigenvalue weighted by atomic mass is 32.2. The van der Waals surface area contributed by atoms with Gasteiger partial charge < -0.3 is 11.1 Å². The fourth-order valence-electron chi connectivity index (χ4n) is 2.14. The SMILES string of the molecule is NCCCCNC(=O)c1sccc1S(=O)(=O)N1CCSCC1. The van der Waals surface area contributed by atoms with Crippen LogP contribution in [0.4, 0.5) is 0 Å². The van der Waals surface area contributed by atoms with Crippen LogP contribution in [-0.2, 0) is 10.0 Å². The van der Waals surface area contributed by atoms with E-state index in [1.54, 1.807) is 17.1 Å². The summed E-state index contributed by atoms with van der Waals surface area (Å²) in [4.78, 5) is 12.6. The van der Waals surface area contributed by atoms with Crippen LogP contribution in [0, 0.1) is 0 Å². The molecule has 0 aromatic carbocycles. The van der Waals surface area contributed by atoms with Gasteiger partial charge in [-0.05, 0) is 30.8 Å². The lowest BCUT2D eigenvalue weighted by Gasteiger charge is -2.25. The first-order valence-corrected chi connectivity index (χ1v) is 10.7.